The molecule has 4 rings (SSSR count). The van der Waals surface area contributed by atoms with Crippen molar-refractivity contribution in [2.24, 2.45) is 5.92 Å². The molecular weight excluding hydrogens is 438 g/mol. The third-order valence-electron chi connectivity index (χ3n) is 6.04. The van der Waals surface area contributed by atoms with Crippen molar-refractivity contribution in [3.63, 3.8) is 0 Å². The highest BCUT2D eigenvalue weighted by Crippen LogP contribution is 2.29. The number of hydrogen-bond donors (Lipinski definition) is 0. The van der Waals surface area contributed by atoms with Crippen LogP contribution in [0, 0.1) is 12.8 Å². The van der Waals surface area contributed by atoms with Crippen LogP contribution < -0.4 is 4.90 Å². The van der Waals surface area contributed by atoms with Gasteiger partial charge in [0.25, 0.3) is 5.91 Å². The molecule has 3 aliphatic heterocycles. The number of amides is 3. The van der Waals surface area contributed by atoms with Gasteiger partial charge in [-0.05, 0) is 43.5 Å². The number of carbonyl (C=O) groups excluding carboxylic acids is 3. The van der Waals surface area contributed by atoms with Gasteiger partial charge in [0.2, 0.25) is 11.8 Å². The van der Waals surface area contributed by atoms with Gasteiger partial charge in [-0.15, -0.1) is 0 Å². The van der Waals surface area contributed by atoms with E-state index in [-0.39, 0.29) is 36.2 Å². The Kier molecular flexibility index (Phi) is 5.92. The Morgan fingerprint density at radius 2 is 1.79 bits per heavy atom. The van der Waals surface area contributed by atoms with Crippen LogP contribution in [0.25, 0.3) is 0 Å². The number of benzene rings is 1. The first-order valence-corrected chi connectivity index (χ1v) is 11.0. The molecule has 0 saturated carbocycles. The number of nitrogens with zero attached hydrogens (tertiary/aromatic N) is 3. The summed E-state index contributed by atoms with van der Waals surface area (Å²) < 4.78 is 6.48. The maximum Gasteiger partial charge on any atom is 0.251 e. The van der Waals surface area contributed by atoms with E-state index in [0.717, 1.165) is 28.6 Å². The molecular formula is C21H26BrN3O4. The quantitative estimate of drug-likeness (QED) is 0.686. The third-order valence-corrected chi connectivity index (χ3v) is 6.93. The smallest absolute Gasteiger partial charge is 0.251 e. The minimum absolute atomic E-state index is 0.0129. The van der Waals surface area contributed by atoms with E-state index in [4.69, 9.17) is 4.74 Å². The van der Waals surface area contributed by atoms with Gasteiger partial charge in [-0.25, -0.2) is 0 Å². The number of hydrogen-bond acceptors (Lipinski definition) is 4. The van der Waals surface area contributed by atoms with Gasteiger partial charge in [0.1, 0.15) is 6.10 Å². The number of halogens is 1. The van der Waals surface area contributed by atoms with Gasteiger partial charge in [-0.2, -0.15) is 0 Å². The first-order chi connectivity index (χ1) is 13.9. The fourth-order valence-electron chi connectivity index (χ4n) is 4.30. The Bertz CT molecular complexity index is 816. The van der Waals surface area contributed by atoms with Gasteiger partial charge < -0.3 is 19.4 Å². The number of piperazine rings is 1. The van der Waals surface area contributed by atoms with E-state index < -0.39 is 0 Å². The van der Waals surface area contributed by atoms with Crippen LogP contribution in [0.3, 0.4) is 0 Å². The van der Waals surface area contributed by atoms with Crippen molar-refractivity contribution >= 4 is 39.3 Å². The molecule has 0 bridgehead atoms. The van der Waals surface area contributed by atoms with Crippen molar-refractivity contribution in [3.05, 3.63) is 28.2 Å². The van der Waals surface area contributed by atoms with E-state index in [1.165, 1.54) is 0 Å². The van der Waals surface area contributed by atoms with Crippen LogP contribution in [0.1, 0.15) is 24.8 Å². The Morgan fingerprint density at radius 3 is 2.41 bits per heavy atom. The molecule has 3 fully saturated rings. The van der Waals surface area contributed by atoms with Crippen LogP contribution in [-0.4, -0.2) is 73.0 Å². The van der Waals surface area contributed by atoms with Crippen molar-refractivity contribution in [1.82, 2.24) is 9.80 Å². The largest absolute Gasteiger partial charge is 0.368 e. The molecule has 3 aliphatic rings. The SMILES string of the molecule is Cc1cc(N2CC(C(=O)N3CCN(C(=O)C4CCCO4)CC3)CC2=O)ccc1Br. The number of rotatable bonds is 3. The lowest BCUT2D eigenvalue weighted by molar-refractivity contribution is -0.147. The lowest BCUT2D eigenvalue weighted by Crippen LogP contribution is -2.54. The number of carbonyl (C=O) groups is 3. The average molecular weight is 464 g/mol. The zero-order valence-corrected chi connectivity index (χ0v) is 18.2. The van der Waals surface area contributed by atoms with E-state index in [2.05, 4.69) is 15.9 Å². The molecule has 3 heterocycles. The second kappa shape index (κ2) is 8.44. The lowest BCUT2D eigenvalue weighted by Gasteiger charge is -2.36. The summed E-state index contributed by atoms with van der Waals surface area (Å²) in [5.41, 5.74) is 1.88. The summed E-state index contributed by atoms with van der Waals surface area (Å²) >= 11 is 3.48. The van der Waals surface area contributed by atoms with Gasteiger partial charge in [-0.1, -0.05) is 15.9 Å². The first kappa shape index (κ1) is 20.3. The van der Waals surface area contributed by atoms with Gasteiger partial charge in [0.05, 0.1) is 5.92 Å². The van der Waals surface area contributed by atoms with E-state index >= 15 is 0 Å². The van der Waals surface area contributed by atoms with E-state index in [1.807, 2.05) is 25.1 Å². The molecule has 29 heavy (non-hydrogen) atoms. The molecule has 7 nitrogen and oxygen atoms in total. The predicted octanol–water partition coefficient (Wildman–Crippen LogP) is 1.96. The third kappa shape index (κ3) is 4.19. The van der Waals surface area contributed by atoms with Crippen LogP contribution in [-0.2, 0) is 19.1 Å². The van der Waals surface area contributed by atoms with Crippen LogP contribution >= 0.6 is 15.9 Å². The molecule has 1 aromatic rings. The fourth-order valence-corrected chi connectivity index (χ4v) is 4.55. The average Bonchev–Trinajstić information content (AvgIpc) is 3.39. The zero-order valence-electron chi connectivity index (χ0n) is 16.6. The molecule has 0 radical (unpaired) electrons. The number of aryl methyl sites for hydroxylation is 1. The van der Waals surface area contributed by atoms with Crippen molar-refractivity contribution in [2.75, 3.05) is 44.2 Å². The highest BCUT2D eigenvalue weighted by atomic mass is 79.9. The molecule has 0 aliphatic carbocycles. The Balaban J connectivity index is 1.34. The van der Waals surface area contributed by atoms with Gasteiger partial charge in [0.15, 0.2) is 0 Å². The van der Waals surface area contributed by atoms with Crippen molar-refractivity contribution in [1.29, 1.82) is 0 Å². The Morgan fingerprint density at radius 1 is 1.10 bits per heavy atom. The second-order valence-electron chi connectivity index (χ2n) is 7.99. The van der Waals surface area contributed by atoms with Crippen LogP contribution in [0.2, 0.25) is 0 Å². The van der Waals surface area contributed by atoms with Crippen molar-refractivity contribution in [3.8, 4) is 0 Å². The van der Waals surface area contributed by atoms with E-state index in [9.17, 15) is 14.4 Å². The van der Waals surface area contributed by atoms with E-state index in [1.54, 1.807) is 14.7 Å². The first-order valence-electron chi connectivity index (χ1n) is 10.2. The standard InChI is InChI=1S/C21H26BrN3O4/c1-14-11-16(4-5-17(14)22)25-13-15(12-19(25)26)20(27)23-6-8-24(9-7-23)21(28)18-3-2-10-29-18/h4-5,11,15,18H,2-3,6-10,12-13H2,1H3. The highest BCUT2D eigenvalue weighted by Gasteiger charge is 2.39. The molecule has 0 spiro atoms. The normalized spacial score (nSPS) is 25.0. The Hall–Kier alpha value is -1.93. The molecule has 1 aromatic carbocycles. The minimum Gasteiger partial charge on any atom is -0.368 e. The van der Waals surface area contributed by atoms with Gasteiger partial charge >= 0.3 is 0 Å². The Labute approximate surface area is 179 Å². The molecule has 0 N–H and O–H groups in total. The molecule has 3 saturated heterocycles. The fraction of sp³-hybridized carbons (Fsp3) is 0.571. The molecule has 2 unspecified atom stereocenters. The summed E-state index contributed by atoms with van der Waals surface area (Å²) in [5.74, 6) is -0.287. The molecule has 3 amide bonds. The molecule has 8 heteroatoms. The molecule has 156 valence electrons. The van der Waals surface area contributed by atoms with Crippen molar-refractivity contribution < 1.29 is 19.1 Å². The number of ether oxygens (including phenoxy) is 1. The summed E-state index contributed by atoms with van der Waals surface area (Å²) in [7, 11) is 0. The molecule has 2 atom stereocenters. The second-order valence-corrected chi connectivity index (χ2v) is 8.85. The van der Waals surface area contributed by atoms with Crippen LogP contribution in [0.15, 0.2) is 22.7 Å². The topological polar surface area (TPSA) is 70.2 Å². The summed E-state index contributed by atoms with van der Waals surface area (Å²) in [4.78, 5) is 43.3. The summed E-state index contributed by atoms with van der Waals surface area (Å²) in [6, 6.07) is 5.79. The maximum atomic E-state index is 13.0. The lowest BCUT2D eigenvalue weighted by atomic mass is 10.1. The van der Waals surface area contributed by atoms with Gasteiger partial charge in [0, 0.05) is 55.9 Å². The van der Waals surface area contributed by atoms with Gasteiger partial charge in [-0.3, -0.25) is 14.4 Å². The maximum absolute atomic E-state index is 13.0. The summed E-state index contributed by atoms with van der Waals surface area (Å²) in [6.45, 7) is 5.13. The van der Waals surface area contributed by atoms with Crippen LogP contribution in [0.5, 0.6) is 0 Å². The number of anilines is 1. The molecule has 0 aromatic heterocycles. The highest BCUT2D eigenvalue weighted by molar-refractivity contribution is 9.10. The predicted molar refractivity (Wildman–Crippen MR) is 111 cm³/mol. The zero-order chi connectivity index (χ0) is 20.5. The summed E-state index contributed by atoms with van der Waals surface area (Å²) in [6.07, 6.45) is 1.64. The van der Waals surface area contributed by atoms with Crippen LogP contribution in [0.4, 0.5) is 5.69 Å². The van der Waals surface area contributed by atoms with Crippen molar-refractivity contribution in [2.45, 2.75) is 32.3 Å². The van der Waals surface area contributed by atoms with E-state index in [0.29, 0.717) is 39.3 Å². The minimum atomic E-state index is -0.327. The summed E-state index contributed by atoms with van der Waals surface area (Å²) in [5, 5.41) is 0. The monoisotopic (exact) mass is 463 g/mol.